The minimum atomic E-state index is -0.642. The normalized spacial score (nSPS) is 23.7. The number of rotatable bonds is 5. The molecule has 2 unspecified atom stereocenters. The van der Waals surface area contributed by atoms with E-state index in [0.29, 0.717) is 43.7 Å². The molecule has 1 aliphatic carbocycles. The van der Waals surface area contributed by atoms with Gasteiger partial charge in [0.05, 0.1) is 6.04 Å². The Balaban J connectivity index is 1.46. The smallest absolute Gasteiger partial charge is 0.321 e. The number of carbonyl (C=O) groups is 2. The molecule has 0 saturated carbocycles. The lowest BCUT2D eigenvalue weighted by molar-refractivity contribution is -0.124. The van der Waals surface area contributed by atoms with Crippen LogP contribution in [-0.2, 0) is 4.79 Å². The number of urea groups is 1. The van der Waals surface area contributed by atoms with Gasteiger partial charge < -0.3 is 21.3 Å². The number of allylic oxidation sites excluding steroid dienone is 4. The fourth-order valence-electron chi connectivity index (χ4n) is 4.44. The van der Waals surface area contributed by atoms with E-state index < -0.39 is 6.04 Å². The number of hydrogen-bond acceptors (Lipinski definition) is 4. The summed E-state index contributed by atoms with van der Waals surface area (Å²) in [7, 11) is 0. The molecule has 7 nitrogen and oxygen atoms in total. The van der Waals surface area contributed by atoms with E-state index in [9.17, 15) is 14.0 Å². The highest BCUT2D eigenvalue weighted by Crippen LogP contribution is 2.23. The molecule has 184 valence electrons. The minimum absolute atomic E-state index is 0.00297. The number of nitrogens with zero attached hydrogens (tertiary/aromatic N) is 2. The Labute approximate surface area is 201 Å². The summed E-state index contributed by atoms with van der Waals surface area (Å²) in [5, 5.41) is 5.82. The highest BCUT2D eigenvalue weighted by Gasteiger charge is 2.30. The van der Waals surface area contributed by atoms with Crippen molar-refractivity contribution in [2.45, 2.75) is 51.0 Å². The zero-order chi connectivity index (χ0) is 24.3. The van der Waals surface area contributed by atoms with Crippen LogP contribution in [0.4, 0.5) is 14.9 Å². The lowest BCUT2D eigenvalue weighted by Crippen LogP contribution is -2.51. The summed E-state index contributed by atoms with van der Waals surface area (Å²) in [6.07, 6.45) is 14.2. The van der Waals surface area contributed by atoms with Gasteiger partial charge in [-0.15, -0.1) is 0 Å². The molecule has 2 atom stereocenters. The minimum Gasteiger partial charge on any atom is -0.354 e. The summed E-state index contributed by atoms with van der Waals surface area (Å²) in [6, 6.07) is 2.67. The summed E-state index contributed by atoms with van der Waals surface area (Å²) in [5.41, 5.74) is 7.67. The van der Waals surface area contributed by atoms with Gasteiger partial charge in [0.2, 0.25) is 5.91 Å². The van der Waals surface area contributed by atoms with Gasteiger partial charge in [0, 0.05) is 43.6 Å². The number of anilines is 1. The van der Waals surface area contributed by atoms with Crippen LogP contribution in [0.3, 0.4) is 0 Å². The maximum atomic E-state index is 14.0. The second kappa shape index (κ2) is 13.0. The molecule has 0 spiro atoms. The maximum Gasteiger partial charge on any atom is 0.321 e. The Hall–Kier alpha value is -3.00. The van der Waals surface area contributed by atoms with Crippen molar-refractivity contribution in [2.75, 3.05) is 25.0 Å². The molecule has 3 rings (SSSR count). The number of carbonyl (C=O) groups excluding carboxylic acids is 2. The number of halogens is 1. The summed E-state index contributed by atoms with van der Waals surface area (Å²) in [6.45, 7) is 5.52. The van der Waals surface area contributed by atoms with Crippen LogP contribution >= 0.6 is 0 Å². The molecule has 1 fully saturated rings. The fourth-order valence-corrected chi connectivity index (χ4v) is 4.44. The molecule has 0 aromatic carbocycles. The lowest BCUT2D eigenvalue weighted by atomic mass is 9.89. The van der Waals surface area contributed by atoms with E-state index >= 15 is 0 Å². The Kier molecular flexibility index (Phi) is 9.82. The monoisotopic (exact) mass is 469 g/mol. The SMILES string of the molecule is C=C1/C=C(F)\C=C/CCCCCC1CNC(=O)C(N)C1CCN(C(=O)Nc2ccncc2)CC1. The van der Waals surface area contributed by atoms with Gasteiger partial charge in [-0.05, 0) is 67.9 Å². The van der Waals surface area contributed by atoms with Gasteiger partial charge >= 0.3 is 6.03 Å². The Bertz CT molecular complexity index is 894. The molecule has 1 aromatic heterocycles. The van der Waals surface area contributed by atoms with Crippen molar-refractivity contribution in [3.63, 3.8) is 0 Å². The van der Waals surface area contributed by atoms with Crippen molar-refractivity contribution in [3.8, 4) is 0 Å². The van der Waals surface area contributed by atoms with Gasteiger partial charge in [-0.3, -0.25) is 9.78 Å². The van der Waals surface area contributed by atoms with Gasteiger partial charge in [-0.2, -0.15) is 0 Å². The van der Waals surface area contributed by atoms with Crippen molar-refractivity contribution in [1.29, 1.82) is 0 Å². The number of piperidine rings is 1. The van der Waals surface area contributed by atoms with E-state index in [-0.39, 0.29) is 29.6 Å². The number of nitrogens with one attached hydrogen (secondary N) is 2. The lowest BCUT2D eigenvalue weighted by Gasteiger charge is -2.34. The molecule has 1 aromatic rings. The summed E-state index contributed by atoms with van der Waals surface area (Å²) >= 11 is 0. The van der Waals surface area contributed by atoms with Crippen molar-refractivity contribution in [2.24, 2.45) is 17.6 Å². The van der Waals surface area contributed by atoms with E-state index in [2.05, 4.69) is 22.2 Å². The molecular formula is C26H36FN5O2. The van der Waals surface area contributed by atoms with Crippen molar-refractivity contribution < 1.29 is 14.0 Å². The summed E-state index contributed by atoms with van der Waals surface area (Å²) in [4.78, 5) is 30.9. The molecule has 2 aliphatic rings. The Morgan fingerprint density at radius 1 is 1.18 bits per heavy atom. The average molecular weight is 470 g/mol. The first-order chi connectivity index (χ1) is 16.4. The third-order valence-electron chi connectivity index (χ3n) is 6.64. The van der Waals surface area contributed by atoms with E-state index in [1.165, 1.54) is 12.2 Å². The van der Waals surface area contributed by atoms with E-state index in [1.807, 2.05) is 6.08 Å². The van der Waals surface area contributed by atoms with Gasteiger partial charge in [0.1, 0.15) is 5.83 Å². The number of nitrogens with two attached hydrogens (primary N) is 1. The zero-order valence-corrected chi connectivity index (χ0v) is 19.7. The number of pyridine rings is 1. The largest absolute Gasteiger partial charge is 0.354 e. The van der Waals surface area contributed by atoms with Gasteiger partial charge in [-0.1, -0.05) is 25.5 Å². The van der Waals surface area contributed by atoms with E-state index in [0.717, 1.165) is 32.1 Å². The van der Waals surface area contributed by atoms with Crippen molar-refractivity contribution in [1.82, 2.24) is 15.2 Å². The van der Waals surface area contributed by atoms with Crippen LogP contribution in [0.5, 0.6) is 0 Å². The number of amides is 3. The van der Waals surface area contributed by atoms with Crippen LogP contribution in [0, 0.1) is 11.8 Å². The molecule has 3 amide bonds. The summed E-state index contributed by atoms with van der Waals surface area (Å²) in [5.74, 6) is -0.527. The second-order valence-electron chi connectivity index (χ2n) is 9.10. The van der Waals surface area contributed by atoms with Crippen LogP contribution in [0.15, 0.2) is 60.7 Å². The first kappa shape index (κ1) is 25.6. The van der Waals surface area contributed by atoms with E-state index in [4.69, 9.17) is 5.73 Å². The number of aromatic nitrogens is 1. The van der Waals surface area contributed by atoms with Crippen molar-refractivity contribution >= 4 is 17.6 Å². The molecule has 34 heavy (non-hydrogen) atoms. The van der Waals surface area contributed by atoms with Gasteiger partial charge in [0.25, 0.3) is 0 Å². The fraction of sp³-hybridized carbons (Fsp3) is 0.500. The molecule has 2 heterocycles. The first-order valence-electron chi connectivity index (χ1n) is 12.2. The third-order valence-corrected chi connectivity index (χ3v) is 6.64. The zero-order valence-electron chi connectivity index (χ0n) is 19.7. The van der Waals surface area contributed by atoms with Gasteiger partial charge in [-0.25, -0.2) is 9.18 Å². The highest BCUT2D eigenvalue weighted by molar-refractivity contribution is 5.89. The molecular weight excluding hydrogens is 433 g/mol. The number of likely N-dealkylation sites (tertiary alicyclic amines) is 1. The predicted molar refractivity (Wildman–Crippen MR) is 133 cm³/mol. The van der Waals surface area contributed by atoms with Gasteiger partial charge in [0.15, 0.2) is 0 Å². The maximum absolute atomic E-state index is 14.0. The quantitative estimate of drug-likeness (QED) is 0.598. The highest BCUT2D eigenvalue weighted by atomic mass is 19.1. The second-order valence-corrected chi connectivity index (χ2v) is 9.10. The first-order valence-corrected chi connectivity index (χ1v) is 12.2. The third kappa shape index (κ3) is 7.80. The summed E-state index contributed by atoms with van der Waals surface area (Å²) < 4.78 is 14.0. The number of hydrogen-bond donors (Lipinski definition) is 3. The average Bonchev–Trinajstić information content (AvgIpc) is 2.88. The van der Waals surface area contributed by atoms with Crippen LogP contribution in [0.2, 0.25) is 0 Å². The van der Waals surface area contributed by atoms with E-state index in [1.54, 1.807) is 29.4 Å². The predicted octanol–water partition coefficient (Wildman–Crippen LogP) is 4.32. The molecule has 0 bridgehead atoms. The van der Waals surface area contributed by atoms with Crippen LogP contribution < -0.4 is 16.4 Å². The molecule has 1 aliphatic heterocycles. The molecule has 0 radical (unpaired) electrons. The van der Waals surface area contributed by atoms with Crippen LogP contribution in [0.1, 0.15) is 44.9 Å². The molecule has 8 heteroatoms. The molecule has 4 N–H and O–H groups in total. The molecule has 1 saturated heterocycles. The standard InChI is InChI=1S/C26H36FN5O2/c1-19-17-22(27)8-6-4-2-3-5-7-21(19)18-30-25(33)24(28)20-11-15-32(16-12-20)26(34)31-23-9-13-29-14-10-23/h6,8-10,13-14,17,20-21,24H,1-5,7,11-12,15-16,18,28H2,(H,30,33)(H,29,31,34)/b8-6-,22-17+. The van der Waals surface area contributed by atoms with Crippen LogP contribution in [-0.4, -0.2) is 47.5 Å². The Morgan fingerprint density at radius 2 is 1.91 bits per heavy atom. The Morgan fingerprint density at radius 3 is 2.65 bits per heavy atom. The van der Waals surface area contributed by atoms with Crippen LogP contribution in [0.25, 0.3) is 0 Å². The van der Waals surface area contributed by atoms with Crippen molar-refractivity contribution in [3.05, 3.63) is 60.7 Å². The topological polar surface area (TPSA) is 100 Å².